The van der Waals surface area contributed by atoms with E-state index in [-0.39, 0.29) is 29.0 Å². The zero-order valence-electron chi connectivity index (χ0n) is 15.8. The molecule has 1 aliphatic heterocycles. The highest BCUT2D eigenvalue weighted by Gasteiger charge is 2.38. The third kappa shape index (κ3) is 3.70. The monoisotopic (exact) mass is 398 g/mol. The van der Waals surface area contributed by atoms with Crippen molar-refractivity contribution in [1.29, 1.82) is 0 Å². The highest BCUT2D eigenvalue weighted by Crippen LogP contribution is 2.40. The van der Waals surface area contributed by atoms with Crippen LogP contribution in [0.1, 0.15) is 45.6 Å². The van der Waals surface area contributed by atoms with Crippen LogP contribution >= 0.6 is 0 Å². The Hall–Kier alpha value is -3.29. The topological polar surface area (TPSA) is 71.0 Å². The number of H-pyrrole nitrogens is 1. The Bertz CT molecular complexity index is 1080. The summed E-state index contributed by atoms with van der Waals surface area (Å²) in [6.07, 6.45) is -1.14. The fraction of sp³-hybridized carbons (Fsp3) is 0.286. The first-order valence-electron chi connectivity index (χ1n) is 9.28. The lowest BCUT2D eigenvalue weighted by Gasteiger charge is -2.17. The molecule has 0 radical (unpaired) electrons. The van der Waals surface area contributed by atoms with Crippen molar-refractivity contribution in [2.24, 2.45) is 7.05 Å². The van der Waals surface area contributed by atoms with Crippen molar-refractivity contribution in [1.82, 2.24) is 19.7 Å². The average Bonchev–Trinajstić information content (AvgIpc) is 3.37. The number of aromatic amines is 1. The molecule has 0 saturated carbocycles. The predicted octanol–water partition coefficient (Wildman–Crippen LogP) is 3.07. The number of alkyl halides is 2. The highest BCUT2D eigenvalue weighted by atomic mass is 19.3. The standard InChI is InChI=1S/C21H20F2N4O2/c1-26-10-14(7-8-19(26)28)21(29)27-11-15(13-5-3-2-4-6-13)16(12-27)17-9-18(20(22)23)25-24-17/h2-10,15-16,20H,11-12H2,1H3,(H,24,25)/t15-,16+/m0/s1. The number of nitrogens with one attached hydrogen (secondary N) is 1. The SMILES string of the molecule is Cn1cc(C(=O)N2C[C@@H](c3ccccc3)[C@H](c3cc(C(F)F)n[nH]3)C2)ccc1=O. The Balaban J connectivity index is 1.66. The van der Waals surface area contributed by atoms with Crippen molar-refractivity contribution >= 4 is 5.91 Å². The van der Waals surface area contributed by atoms with Crippen LogP contribution in [0.15, 0.2) is 59.5 Å². The predicted molar refractivity (Wildman–Crippen MR) is 103 cm³/mol. The van der Waals surface area contributed by atoms with E-state index in [1.165, 1.54) is 29.0 Å². The molecule has 1 aliphatic rings. The van der Waals surface area contributed by atoms with Gasteiger partial charge in [0, 0.05) is 49.9 Å². The number of halogens is 2. The molecule has 1 saturated heterocycles. The average molecular weight is 398 g/mol. The first kappa shape index (κ1) is 19.0. The van der Waals surface area contributed by atoms with Crippen LogP contribution in [0.25, 0.3) is 0 Å². The molecular formula is C21H20F2N4O2. The number of pyridine rings is 1. The molecule has 0 spiro atoms. The number of nitrogens with zero attached hydrogens (tertiary/aromatic N) is 3. The zero-order valence-corrected chi connectivity index (χ0v) is 15.8. The van der Waals surface area contributed by atoms with E-state index in [2.05, 4.69) is 10.2 Å². The van der Waals surface area contributed by atoms with Crippen molar-refractivity contribution in [2.75, 3.05) is 13.1 Å². The number of hydrogen-bond acceptors (Lipinski definition) is 3. The molecule has 6 nitrogen and oxygen atoms in total. The summed E-state index contributed by atoms with van der Waals surface area (Å²) >= 11 is 0. The van der Waals surface area contributed by atoms with E-state index in [0.29, 0.717) is 24.3 Å². The van der Waals surface area contributed by atoms with Crippen LogP contribution in [0.4, 0.5) is 8.78 Å². The minimum Gasteiger partial charge on any atom is -0.337 e. The van der Waals surface area contributed by atoms with E-state index >= 15 is 0 Å². The lowest BCUT2D eigenvalue weighted by atomic mass is 9.87. The van der Waals surface area contributed by atoms with E-state index in [0.717, 1.165) is 5.56 Å². The first-order valence-corrected chi connectivity index (χ1v) is 9.28. The lowest BCUT2D eigenvalue weighted by Crippen LogP contribution is -2.30. The Kier molecular flexibility index (Phi) is 5.00. The molecule has 1 fully saturated rings. The smallest absolute Gasteiger partial charge is 0.282 e. The molecule has 8 heteroatoms. The van der Waals surface area contributed by atoms with Crippen molar-refractivity contribution in [3.05, 3.63) is 87.6 Å². The first-order chi connectivity index (χ1) is 13.9. The molecule has 0 bridgehead atoms. The quantitative estimate of drug-likeness (QED) is 0.734. The second kappa shape index (κ2) is 7.62. The number of aryl methyl sites for hydroxylation is 1. The van der Waals surface area contributed by atoms with Gasteiger partial charge in [0.2, 0.25) is 5.56 Å². The molecule has 2 aromatic heterocycles. The molecule has 0 unspecified atom stereocenters. The Labute approximate surface area is 165 Å². The number of benzene rings is 1. The number of carbonyl (C=O) groups is 1. The van der Waals surface area contributed by atoms with Gasteiger partial charge in [-0.2, -0.15) is 5.10 Å². The van der Waals surface area contributed by atoms with Gasteiger partial charge >= 0.3 is 0 Å². The second-order valence-electron chi connectivity index (χ2n) is 7.25. The van der Waals surface area contributed by atoms with Gasteiger partial charge in [-0.3, -0.25) is 14.7 Å². The number of amides is 1. The lowest BCUT2D eigenvalue weighted by molar-refractivity contribution is 0.0788. The van der Waals surface area contributed by atoms with Gasteiger partial charge in [-0.05, 0) is 17.7 Å². The molecular weight excluding hydrogens is 378 g/mol. The fourth-order valence-corrected chi connectivity index (χ4v) is 3.88. The van der Waals surface area contributed by atoms with Gasteiger partial charge in [0.1, 0.15) is 5.69 Å². The Morgan fingerprint density at radius 2 is 1.86 bits per heavy atom. The van der Waals surface area contributed by atoms with Crippen LogP contribution in [0.3, 0.4) is 0 Å². The number of aromatic nitrogens is 3. The minimum absolute atomic E-state index is 0.0568. The van der Waals surface area contributed by atoms with Gasteiger partial charge in [-0.25, -0.2) is 8.78 Å². The zero-order chi connectivity index (χ0) is 20.5. The number of likely N-dealkylation sites (tertiary alicyclic amines) is 1. The maximum Gasteiger partial charge on any atom is 0.282 e. The van der Waals surface area contributed by atoms with Crippen LogP contribution in [0.2, 0.25) is 0 Å². The van der Waals surface area contributed by atoms with Crippen molar-refractivity contribution in [3.63, 3.8) is 0 Å². The van der Waals surface area contributed by atoms with Crippen LogP contribution < -0.4 is 5.56 Å². The van der Waals surface area contributed by atoms with Gasteiger partial charge in [0.15, 0.2) is 0 Å². The van der Waals surface area contributed by atoms with E-state index in [1.54, 1.807) is 11.9 Å². The molecule has 150 valence electrons. The number of hydrogen-bond donors (Lipinski definition) is 1. The van der Waals surface area contributed by atoms with Gasteiger partial charge in [-0.15, -0.1) is 0 Å². The van der Waals surface area contributed by atoms with Crippen molar-refractivity contribution in [2.45, 2.75) is 18.3 Å². The molecule has 3 heterocycles. The molecule has 1 aromatic carbocycles. The summed E-state index contributed by atoms with van der Waals surface area (Å²) in [6.45, 7) is 0.811. The van der Waals surface area contributed by atoms with E-state index in [9.17, 15) is 18.4 Å². The summed E-state index contributed by atoms with van der Waals surface area (Å²) < 4.78 is 27.4. The number of carbonyl (C=O) groups excluding carboxylic acids is 1. The van der Waals surface area contributed by atoms with E-state index in [4.69, 9.17) is 0 Å². The van der Waals surface area contributed by atoms with E-state index in [1.807, 2.05) is 30.3 Å². The third-order valence-electron chi connectivity index (χ3n) is 5.41. The molecule has 1 N–H and O–H groups in total. The fourth-order valence-electron chi connectivity index (χ4n) is 3.88. The molecule has 1 amide bonds. The molecule has 0 aliphatic carbocycles. The highest BCUT2D eigenvalue weighted by molar-refractivity contribution is 5.94. The Morgan fingerprint density at radius 1 is 1.14 bits per heavy atom. The largest absolute Gasteiger partial charge is 0.337 e. The van der Waals surface area contributed by atoms with E-state index < -0.39 is 6.43 Å². The van der Waals surface area contributed by atoms with Crippen molar-refractivity contribution in [3.8, 4) is 0 Å². The van der Waals surface area contributed by atoms with Gasteiger partial charge in [-0.1, -0.05) is 30.3 Å². The molecule has 2 atom stereocenters. The summed E-state index contributed by atoms with van der Waals surface area (Å²) in [5, 5.41) is 6.45. The van der Waals surface area contributed by atoms with Gasteiger partial charge in [0.25, 0.3) is 12.3 Å². The normalized spacial score (nSPS) is 19.1. The second-order valence-corrected chi connectivity index (χ2v) is 7.25. The maximum absolute atomic E-state index is 13.0. The van der Waals surface area contributed by atoms with Gasteiger partial charge in [0.05, 0.1) is 5.56 Å². The summed E-state index contributed by atoms with van der Waals surface area (Å²) in [5.41, 5.74) is 1.54. The molecule has 29 heavy (non-hydrogen) atoms. The van der Waals surface area contributed by atoms with Crippen LogP contribution in [0.5, 0.6) is 0 Å². The van der Waals surface area contributed by atoms with Gasteiger partial charge < -0.3 is 9.47 Å². The van der Waals surface area contributed by atoms with Crippen LogP contribution in [0, 0.1) is 0 Å². The Morgan fingerprint density at radius 3 is 2.52 bits per heavy atom. The maximum atomic E-state index is 13.0. The van der Waals surface area contributed by atoms with Crippen molar-refractivity contribution < 1.29 is 13.6 Å². The third-order valence-corrected chi connectivity index (χ3v) is 5.41. The summed E-state index contributed by atoms with van der Waals surface area (Å²) in [6, 6.07) is 13.9. The summed E-state index contributed by atoms with van der Waals surface area (Å²) in [4.78, 5) is 26.4. The van der Waals surface area contributed by atoms with Crippen LogP contribution in [-0.2, 0) is 7.05 Å². The molecule has 3 aromatic rings. The summed E-state index contributed by atoms with van der Waals surface area (Å²) in [7, 11) is 1.59. The van der Waals surface area contributed by atoms with Crippen LogP contribution in [-0.4, -0.2) is 38.7 Å². The molecule has 4 rings (SSSR count). The minimum atomic E-state index is -2.65. The summed E-state index contributed by atoms with van der Waals surface area (Å²) in [5.74, 6) is -0.440. The number of rotatable bonds is 4.